The molecule has 2 heterocycles. The molecule has 1 atom stereocenters. The fourth-order valence-electron chi connectivity index (χ4n) is 2.51. The van der Waals surface area contributed by atoms with E-state index in [0.29, 0.717) is 11.4 Å². The molecule has 1 fully saturated rings. The number of nitrogens with one attached hydrogen (secondary N) is 1. The van der Waals surface area contributed by atoms with Crippen molar-refractivity contribution in [3.63, 3.8) is 0 Å². The molecule has 1 saturated heterocycles. The molecule has 2 aromatic rings. The number of carbonyl (C=O) groups is 2. The Hall–Kier alpha value is -2.63. The van der Waals surface area contributed by atoms with Crippen LogP contribution in [0.25, 0.3) is 0 Å². The maximum absolute atomic E-state index is 13.3. The topological polar surface area (TPSA) is 62.6 Å². The standard InChI is InChI=1S/C16H15FN2O3/c17-12-3-1-4-13(8-12)19-10-11(7-15(19)20)16(21)18-9-14-5-2-6-22-14/h1-6,8,11H,7,9-10H2,(H,18,21)/t11-/m1/s1. The van der Waals surface area contributed by atoms with E-state index in [-0.39, 0.29) is 31.3 Å². The number of carbonyl (C=O) groups excluding carboxylic acids is 2. The molecule has 0 aliphatic carbocycles. The van der Waals surface area contributed by atoms with Gasteiger partial charge in [-0.15, -0.1) is 0 Å². The lowest BCUT2D eigenvalue weighted by atomic mass is 10.1. The Labute approximate surface area is 126 Å². The minimum atomic E-state index is -0.439. The summed E-state index contributed by atoms with van der Waals surface area (Å²) in [6.07, 6.45) is 1.66. The molecule has 0 spiro atoms. The molecule has 1 aromatic heterocycles. The third-order valence-electron chi connectivity index (χ3n) is 3.63. The monoisotopic (exact) mass is 302 g/mol. The Kier molecular flexibility index (Phi) is 3.91. The van der Waals surface area contributed by atoms with Gasteiger partial charge in [-0.2, -0.15) is 0 Å². The first kappa shape index (κ1) is 14.3. The average molecular weight is 302 g/mol. The molecule has 6 heteroatoms. The van der Waals surface area contributed by atoms with E-state index in [1.54, 1.807) is 24.3 Å². The molecule has 3 rings (SSSR count). The van der Waals surface area contributed by atoms with Crippen LogP contribution in [-0.2, 0) is 16.1 Å². The van der Waals surface area contributed by atoms with Crippen molar-refractivity contribution in [3.05, 3.63) is 54.2 Å². The van der Waals surface area contributed by atoms with Crippen LogP contribution < -0.4 is 10.2 Å². The van der Waals surface area contributed by atoms with Gasteiger partial charge in [0.05, 0.1) is 18.7 Å². The fourth-order valence-corrected chi connectivity index (χ4v) is 2.51. The molecule has 1 aromatic carbocycles. The Balaban J connectivity index is 1.62. The summed E-state index contributed by atoms with van der Waals surface area (Å²) in [7, 11) is 0. The van der Waals surface area contributed by atoms with E-state index in [1.807, 2.05) is 0 Å². The first-order valence-electron chi connectivity index (χ1n) is 6.99. The lowest BCUT2D eigenvalue weighted by Crippen LogP contribution is -2.32. The zero-order valence-electron chi connectivity index (χ0n) is 11.8. The maximum atomic E-state index is 13.3. The van der Waals surface area contributed by atoms with Crippen LogP contribution in [0.4, 0.5) is 10.1 Å². The quantitative estimate of drug-likeness (QED) is 0.940. The summed E-state index contributed by atoms with van der Waals surface area (Å²) in [6, 6.07) is 9.32. The van der Waals surface area contributed by atoms with Crippen LogP contribution in [0.2, 0.25) is 0 Å². The van der Waals surface area contributed by atoms with Gasteiger partial charge in [-0.25, -0.2) is 4.39 Å². The predicted octanol–water partition coefficient (Wildman–Crippen LogP) is 2.09. The molecule has 1 aliphatic rings. The second kappa shape index (κ2) is 6.01. The number of amides is 2. The van der Waals surface area contributed by atoms with Gasteiger partial charge in [0.1, 0.15) is 11.6 Å². The zero-order valence-corrected chi connectivity index (χ0v) is 11.8. The highest BCUT2D eigenvalue weighted by Gasteiger charge is 2.35. The lowest BCUT2D eigenvalue weighted by Gasteiger charge is -2.16. The summed E-state index contributed by atoms with van der Waals surface area (Å²) in [5.74, 6) is -0.575. The van der Waals surface area contributed by atoms with Crippen molar-refractivity contribution in [2.24, 2.45) is 5.92 Å². The van der Waals surface area contributed by atoms with E-state index >= 15 is 0 Å². The number of benzene rings is 1. The molecule has 5 nitrogen and oxygen atoms in total. The molecular formula is C16H15FN2O3. The van der Waals surface area contributed by atoms with Crippen LogP contribution in [0.1, 0.15) is 12.2 Å². The summed E-state index contributed by atoms with van der Waals surface area (Å²) >= 11 is 0. The van der Waals surface area contributed by atoms with Gasteiger partial charge in [0, 0.05) is 18.7 Å². The van der Waals surface area contributed by atoms with Gasteiger partial charge < -0.3 is 14.6 Å². The molecule has 0 saturated carbocycles. The van der Waals surface area contributed by atoms with Crippen molar-refractivity contribution in [1.82, 2.24) is 5.32 Å². The number of furan rings is 1. The highest BCUT2D eigenvalue weighted by Crippen LogP contribution is 2.25. The van der Waals surface area contributed by atoms with Crippen molar-refractivity contribution in [2.45, 2.75) is 13.0 Å². The second-order valence-corrected chi connectivity index (χ2v) is 5.18. The number of hydrogen-bond donors (Lipinski definition) is 1. The second-order valence-electron chi connectivity index (χ2n) is 5.18. The van der Waals surface area contributed by atoms with Crippen molar-refractivity contribution in [2.75, 3.05) is 11.4 Å². The third kappa shape index (κ3) is 3.00. The number of hydrogen-bond acceptors (Lipinski definition) is 3. The first-order valence-corrected chi connectivity index (χ1v) is 6.99. The van der Waals surface area contributed by atoms with Gasteiger partial charge in [0.25, 0.3) is 0 Å². The lowest BCUT2D eigenvalue weighted by molar-refractivity contribution is -0.126. The predicted molar refractivity (Wildman–Crippen MR) is 77.4 cm³/mol. The molecular weight excluding hydrogens is 287 g/mol. The van der Waals surface area contributed by atoms with Crippen LogP contribution in [0, 0.1) is 11.7 Å². The normalized spacial score (nSPS) is 17.8. The Morgan fingerprint density at radius 2 is 2.23 bits per heavy atom. The SMILES string of the molecule is O=C(NCc1ccco1)[C@@H]1CC(=O)N(c2cccc(F)c2)C1. The van der Waals surface area contributed by atoms with Gasteiger partial charge in [-0.1, -0.05) is 6.07 Å². The fraction of sp³-hybridized carbons (Fsp3) is 0.250. The summed E-state index contributed by atoms with van der Waals surface area (Å²) in [5.41, 5.74) is 0.478. The smallest absolute Gasteiger partial charge is 0.227 e. The molecule has 1 aliphatic heterocycles. The van der Waals surface area contributed by atoms with E-state index in [2.05, 4.69) is 5.32 Å². The van der Waals surface area contributed by atoms with E-state index in [1.165, 1.54) is 23.3 Å². The van der Waals surface area contributed by atoms with E-state index < -0.39 is 11.7 Å². The van der Waals surface area contributed by atoms with Gasteiger partial charge >= 0.3 is 0 Å². The number of nitrogens with zero attached hydrogens (tertiary/aromatic N) is 1. The first-order chi connectivity index (χ1) is 10.6. The minimum Gasteiger partial charge on any atom is -0.467 e. The minimum absolute atomic E-state index is 0.125. The van der Waals surface area contributed by atoms with Crippen molar-refractivity contribution >= 4 is 17.5 Å². The van der Waals surface area contributed by atoms with Crippen LogP contribution in [0.5, 0.6) is 0 Å². The largest absolute Gasteiger partial charge is 0.467 e. The molecule has 22 heavy (non-hydrogen) atoms. The molecule has 0 bridgehead atoms. The summed E-state index contributed by atoms with van der Waals surface area (Å²) in [4.78, 5) is 25.6. The third-order valence-corrected chi connectivity index (χ3v) is 3.63. The van der Waals surface area contributed by atoms with Crippen molar-refractivity contribution < 1.29 is 18.4 Å². The summed E-state index contributed by atoms with van der Waals surface area (Å²) in [5, 5.41) is 2.75. The van der Waals surface area contributed by atoms with Gasteiger partial charge in [0.15, 0.2) is 0 Å². The van der Waals surface area contributed by atoms with Crippen molar-refractivity contribution in [3.8, 4) is 0 Å². The van der Waals surface area contributed by atoms with E-state index in [9.17, 15) is 14.0 Å². The molecule has 114 valence electrons. The van der Waals surface area contributed by atoms with Crippen LogP contribution in [-0.4, -0.2) is 18.4 Å². The van der Waals surface area contributed by atoms with Crippen LogP contribution >= 0.6 is 0 Å². The van der Waals surface area contributed by atoms with E-state index in [0.717, 1.165) is 0 Å². The number of anilines is 1. The Morgan fingerprint density at radius 3 is 2.95 bits per heavy atom. The highest BCUT2D eigenvalue weighted by atomic mass is 19.1. The van der Waals surface area contributed by atoms with Crippen LogP contribution in [0.15, 0.2) is 47.1 Å². The summed E-state index contributed by atoms with van der Waals surface area (Å²) in [6.45, 7) is 0.544. The zero-order chi connectivity index (χ0) is 15.5. The molecule has 1 N–H and O–H groups in total. The maximum Gasteiger partial charge on any atom is 0.227 e. The van der Waals surface area contributed by atoms with E-state index in [4.69, 9.17) is 4.42 Å². The van der Waals surface area contributed by atoms with Gasteiger partial charge in [-0.3, -0.25) is 9.59 Å². The molecule has 0 radical (unpaired) electrons. The number of halogens is 1. The average Bonchev–Trinajstić information content (AvgIpc) is 3.14. The Bertz CT molecular complexity index is 684. The Morgan fingerprint density at radius 1 is 1.36 bits per heavy atom. The van der Waals surface area contributed by atoms with Crippen LogP contribution in [0.3, 0.4) is 0 Å². The summed E-state index contributed by atoms with van der Waals surface area (Å²) < 4.78 is 18.4. The van der Waals surface area contributed by atoms with Gasteiger partial charge in [-0.05, 0) is 30.3 Å². The highest BCUT2D eigenvalue weighted by molar-refractivity contribution is 6.00. The molecule has 0 unspecified atom stereocenters. The van der Waals surface area contributed by atoms with Gasteiger partial charge in [0.2, 0.25) is 11.8 Å². The number of rotatable bonds is 4. The van der Waals surface area contributed by atoms with Crippen molar-refractivity contribution in [1.29, 1.82) is 0 Å². The molecule has 2 amide bonds.